The highest BCUT2D eigenvalue weighted by Gasteiger charge is 2.40. The molecular weight excluding hydrogens is 470 g/mol. The third-order valence-electron chi connectivity index (χ3n) is 6.64. The van der Waals surface area contributed by atoms with Gasteiger partial charge in [0.05, 0.1) is 31.0 Å². The number of amides is 1. The third-order valence-corrected chi connectivity index (χ3v) is 6.64. The number of esters is 1. The fourth-order valence-corrected chi connectivity index (χ4v) is 4.46. The quantitative estimate of drug-likeness (QED) is 0.318. The molecule has 0 bridgehead atoms. The predicted molar refractivity (Wildman–Crippen MR) is 143 cm³/mol. The van der Waals surface area contributed by atoms with Gasteiger partial charge in [-0.25, -0.2) is 9.78 Å². The van der Waals surface area contributed by atoms with Crippen LogP contribution in [0.4, 0.5) is 0 Å². The second kappa shape index (κ2) is 11.4. The smallest absolute Gasteiger partial charge is 0.335 e. The number of hydrogen-bond donors (Lipinski definition) is 2. The normalized spacial score (nSPS) is 18.6. The summed E-state index contributed by atoms with van der Waals surface area (Å²) >= 11 is 0. The van der Waals surface area contributed by atoms with Crippen LogP contribution in [0.15, 0.2) is 67.3 Å². The van der Waals surface area contributed by atoms with Crippen LogP contribution in [0.3, 0.4) is 0 Å². The molecule has 1 aromatic heterocycles. The number of aromatic nitrogens is 1. The molecule has 2 heterocycles. The van der Waals surface area contributed by atoms with Crippen LogP contribution < -0.4 is 20.1 Å². The summed E-state index contributed by atoms with van der Waals surface area (Å²) in [5, 5.41) is 6.92. The van der Waals surface area contributed by atoms with E-state index < -0.39 is 17.6 Å². The van der Waals surface area contributed by atoms with Gasteiger partial charge in [0.15, 0.2) is 5.54 Å². The fourth-order valence-electron chi connectivity index (χ4n) is 4.46. The van der Waals surface area contributed by atoms with Crippen molar-refractivity contribution in [3.63, 3.8) is 0 Å². The van der Waals surface area contributed by atoms with E-state index in [1.54, 1.807) is 21.0 Å². The Hall–Kier alpha value is -3.91. The van der Waals surface area contributed by atoms with Crippen molar-refractivity contribution < 1.29 is 23.8 Å². The molecular formula is C29H33N3O5. The molecule has 0 unspecified atom stereocenters. The van der Waals surface area contributed by atoms with Crippen LogP contribution in [0.1, 0.15) is 26.7 Å². The van der Waals surface area contributed by atoms with E-state index in [9.17, 15) is 9.59 Å². The minimum absolute atomic E-state index is 0.221. The number of carbonyl (C=O) groups is 2. The number of nitrogens with one attached hydrogen (secondary N) is 2. The van der Waals surface area contributed by atoms with Gasteiger partial charge in [0.25, 0.3) is 0 Å². The molecule has 1 aliphatic heterocycles. The molecule has 3 aromatic rings. The zero-order valence-corrected chi connectivity index (χ0v) is 21.5. The number of fused-ring (bicyclic) bond motifs is 1. The number of benzene rings is 2. The standard InChI is InChI=1S/C29H33N3O5/c1-5-29(6-2,28(34)36-7-3)32-27(33)25-16-21(18-30-25)37-26-17-23(19-11-9-8-10-12-19)31-24-15-20(35-4)13-14-22(24)26/h5,8-15,17,21,25,30H,1,6-7,16,18H2,2-4H3,(H,32,33)/t21-,25+,29+/m1/s1. The van der Waals surface area contributed by atoms with Gasteiger partial charge in [-0.05, 0) is 25.5 Å². The Morgan fingerprint density at radius 1 is 1.19 bits per heavy atom. The van der Waals surface area contributed by atoms with Crippen molar-refractivity contribution in [2.75, 3.05) is 20.3 Å². The van der Waals surface area contributed by atoms with E-state index in [1.165, 1.54) is 6.08 Å². The number of nitrogens with zero attached hydrogens (tertiary/aromatic N) is 1. The molecule has 194 valence electrons. The maximum absolute atomic E-state index is 13.1. The number of ether oxygens (including phenoxy) is 3. The monoisotopic (exact) mass is 503 g/mol. The summed E-state index contributed by atoms with van der Waals surface area (Å²) in [7, 11) is 1.62. The van der Waals surface area contributed by atoms with Crippen LogP contribution in [-0.4, -0.2) is 54.8 Å². The lowest BCUT2D eigenvalue weighted by Gasteiger charge is -2.29. The van der Waals surface area contributed by atoms with Crippen molar-refractivity contribution >= 4 is 22.8 Å². The maximum Gasteiger partial charge on any atom is 0.335 e. The first-order valence-corrected chi connectivity index (χ1v) is 12.5. The van der Waals surface area contributed by atoms with Crippen LogP contribution in [0.2, 0.25) is 0 Å². The fraction of sp³-hybridized carbons (Fsp3) is 0.345. The Kier molecular flexibility index (Phi) is 8.08. The van der Waals surface area contributed by atoms with E-state index in [2.05, 4.69) is 17.2 Å². The highest BCUT2D eigenvalue weighted by atomic mass is 16.5. The van der Waals surface area contributed by atoms with Gasteiger partial charge in [-0.2, -0.15) is 0 Å². The van der Waals surface area contributed by atoms with E-state index in [1.807, 2.05) is 54.6 Å². The van der Waals surface area contributed by atoms with Gasteiger partial charge >= 0.3 is 5.97 Å². The van der Waals surface area contributed by atoms with Gasteiger partial charge in [-0.3, -0.25) is 4.79 Å². The van der Waals surface area contributed by atoms with E-state index in [4.69, 9.17) is 19.2 Å². The van der Waals surface area contributed by atoms with Crippen LogP contribution in [-0.2, 0) is 14.3 Å². The number of hydrogen-bond acceptors (Lipinski definition) is 7. The highest BCUT2D eigenvalue weighted by molar-refractivity contribution is 5.92. The molecule has 37 heavy (non-hydrogen) atoms. The van der Waals surface area contributed by atoms with Gasteiger partial charge in [0.2, 0.25) is 5.91 Å². The first-order valence-electron chi connectivity index (χ1n) is 12.5. The van der Waals surface area contributed by atoms with Gasteiger partial charge in [0.1, 0.15) is 17.6 Å². The zero-order chi connectivity index (χ0) is 26.4. The molecule has 0 saturated carbocycles. The van der Waals surface area contributed by atoms with Gasteiger partial charge in [-0.15, -0.1) is 6.58 Å². The third kappa shape index (κ3) is 5.59. The summed E-state index contributed by atoms with van der Waals surface area (Å²) in [4.78, 5) is 30.5. The van der Waals surface area contributed by atoms with Crippen molar-refractivity contribution in [3.05, 3.63) is 67.3 Å². The molecule has 8 nitrogen and oxygen atoms in total. The predicted octanol–water partition coefficient (Wildman–Crippen LogP) is 4.03. The number of pyridine rings is 1. The summed E-state index contributed by atoms with van der Waals surface area (Å²) in [5.41, 5.74) is 1.24. The van der Waals surface area contributed by atoms with Gasteiger partial charge in [0, 0.05) is 36.0 Å². The van der Waals surface area contributed by atoms with Crippen LogP contribution in [0.25, 0.3) is 22.2 Å². The van der Waals surface area contributed by atoms with Crippen molar-refractivity contribution in [3.8, 4) is 22.8 Å². The summed E-state index contributed by atoms with van der Waals surface area (Å²) < 4.78 is 17.0. The summed E-state index contributed by atoms with van der Waals surface area (Å²) in [5.74, 6) is 0.576. The maximum atomic E-state index is 13.1. The van der Waals surface area contributed by atoms with Crippen LogP contribution in [0.5, 0.6) is 11.5 Å². The SMILES string of the molecule is C=C[C@@](CC)(NC(=O)[C@@H]1C[C@@H](Oc2cc(-c3ccccc3)nc3cc(OC)ccc23)CN1)C(=O)OCC. The second-order valence-electron chi connectivity index (χ2n) is 8.93. The summed E-state index contributed by atoms with van der Waals surface area (Å²) in [6, 6.07) is 17.0. The van der Waals surface area contributed by atoms with Crippen molar-refractivity contribution in [1.29, 1.82) is 0 Å². The largest absolute Gasteiger partial charge is 0.497 e. The Morgan fingerprint density at radius 2 is 1.97 bits per heavy atom. The average Bonchev–Trinajstić information content (AvgIpc) is 3.40. The lowest BCUT2D eigenvalue weighted by Crippen LogP contribution is -2.57. The summed E-state index contributed by atoms with van der Waals surface area (Å²) in [6.45, 7) is 7.99. The Balaban J connectivity index is 1.55. The first-order chi connectivity index (χ1) is 17.9. The van der Waals surface area contributed by atoms with Gasteiger partial charge in [-0.1, -0.05) is 43.3 Å². The minimum atomic E-state index is -1.27. The number of methoxy groups -OCH3 is 1. The summed E-state index contributed by atoms with van der Waals surface area (Å²) in [6.07, 6.45) is 1.96. The molecule has 0 aliphatic carbocycles. The molecule has 2 N–H and O–H groups in total. The van der Waals surface area contributed by atoms with E-state index in [0.29, 0.717) is 30.9 Å². The molecule has 0 radical (unpaired) electrons. The van der Waals surface area contributed by atoms with Crippen molar-refractivity contribution in [2.24, 2.45) is 0 Å². The molecule has 1 saturated heterocycles. The van der Waals surface area contributed by atoms with Crippen LogP contribution >= 0.6 is 0 Å². The minimum Gasteiger partial charge on any atom is -0.497 e. The topological polar surface area (TPSA) is 98.8 Å². The van der Waals surface area contributed by atoms with E-state index in [0.717, 1.165) is 22.2 Å². The second-order valence-corrected chi connectivity index (χ2v) is 8.93. The van der Waals surface area contributed by atoms with Crippen molar-refractivity contribution in [2.45, 2.75) is 44.4 Å². The number of rotatable bonds is 10. The molecule has 1 fully saturated rings. The lowest BCUT2D eigenvalue weighted by molar-refractivity contribution is -0.151. The number of carbonyl (C=O) groups excluding carboxylic acids is 2. The van der Waals surface area contributed by atoms with E-state index in [-0.39, 0.29) is 18.6 Å². The Labute approximate surface area is 217 Å². The molecule has 8 heteroatoms. The molecule has 1 aliphatic rings. The van der Waals surface area contributed by atoms with Crippen molar-refractivity contribution in [1.82, 2.24) is 15.6 Å². The van der Waals surface area contributed by atoms with Gasteiger partial charge < -0.3 is 24.8 Å². The molecule has 2 aromatic carbocycles. The Bertz CT molecular complexity index is 1280. The Morgan fingerprint density at radius 3 is 2.65 bits per heavy atom. The average molecular weight is 504 g/mol. The van der Waals surface area contributed by atoms with Crippen LogP contribution in [0, 0.1) is 0 Å². The highest BCUT2D eigenvalue weighted by Crippen LogP contribution is 2.33. The molecule has 3 atom stereocenters. The van der Waals surface area contributed by atoms with E-state index >= 15 is 0 Å². The molecule has 0 spiro atoms. The molecule has 4 rings (SSSR count). The molecule has 1 amide bonds. The lowest BCUT2D eigenvalue weighted by atomic mass is 9.95. The first kappa shape index (κ1) is 26.2. The zero-order valence-electron chi connectivity index (χ0n) is 21.5.